The number of benzene rings is 1. The van der Waals surface area contributed by atoms with Crippen molar-refractivity contribution in [3.63, 3.8) is 0 Å². The number of aliphatic hydroxyl groups excluding tert-OH is 1. The lowest BCUT2D eigenvalue weighted by Gasteiger charge is -2.43. The van der Waals surface area contributed by atoms with Crippen LogP contribution in [0.2, 0.25) is 0 Å². The predicted molar refractivity (Wildman–Crippen MR) is 71.9 cm³/mol. The van der Waals surface area contributed by atoms with E-state index in [0.29, 0.717) is 12.5 Å². The Labute approximate surface area is 118 Å². The van der Waals surface area contributed by atoms with E-state index in [-0.39, 0.29) is 18.1 Å². The van der Waals surface area contributed by atoms with Gasteiger partial charge in [-0.2, -0.15) is 0 Å². The van der Waals surface area contributed by atoms with Crippen molar-refractivity contribution in [3.05, 3.63) is 35.9 Å². The van der Waals surface area contributed by atoms with Gasteiger partial charge in [-0.3, -0.25) is 0 Å². The molecule has 20 heavy (non-hydrogen) atoms. The summed E-state index contributed by atoms with van der Waals surface area (Å²) < 4.78 is 18.0. The van der Waals surface area contributed by atoms with Crippen molar-refractivity contribution >= 4 is 0 Å². The van der Waals surface area contributed by atoms with Crippen molar-refractivity contribution in [3.8, 4) is 0 Å². The molecular formula is C16H20O4. The van der Waals surface area contributed by atoms with Crippen LogP contribution in [0.25, 0.3) is 0 Å². The van der Waals surface area contributed by atoms with Crippen molar-refractivity contribution in [2.75, 3.05) is 6.61 Å². The van der Waals surface area contributed by atoms with Gasteiger partial charge < -0.3 is 19.3 Å². The number of aliphatic hydroxyl groups is 1. The van der Waals surface area contributed by atoms with E-state index < -0.39 is 18.0 Å². The van der Waals surface area contributed by atoms with Crippen LogP contribution in [0.5, 0.6) is 0 Å². The first-order valence-corrected chi connectivity index (χ1v) is 7.32. The van der Waals surface area contributed by atoms with E-state index in [0.717, 1.165) is 5.56 Å². The fourth-order valence-electron chi connectivity index (χ4n) is 3.84. The molecule has 1 spiro atoms. The van der Waals surface area contributed by atoms with Gasteiger partial charge in [-0.15, -0.1) is 0 Å². The van der Waals surface area contributed by atoms with Gasteiger partial charge in [0.2, 0.25) is 0 Å². The summed E-state index contributed by atoms with van der Waals surface area (Å²) in [7, 11) is 0. The largest absolute Gasteiger partial charge is 0.390 e. The third-order valence-corrected chi connectivity index (χ3v) is 5.19. The van der Waals surface area contributed by atoms with Gasteiger partial charge >= 0.3 is 0 Å². The third-order valence-electron chi connectivity index (χ3n) is 5.19. The Hall–Kier alpha value is -0.940. The molecule has 2 heterocycles. The van der Waals surface area contributed by atoms with Gasteiger partial charge in [0.1, 0.15) is 11.7 Å². The molecule has 3 fully saturated rings. The number of ether oxygens (including phenoxy) is 3. The first kappa shape index (κ1) is 12.8. The van der Waals surface area contributed by atoms with Gasteiger partial charge in [0.25, 0.3) is 0 Å². The minimum absolute atomic E-state index is 0.135. The minimum Gasteiger partial charge on any atom is -0.390 e. The Morgan fingerprint density at radius 1 is 1.20 bits per heavy atom. The molecular weight excluding hydrogens is 256 g/mol. The highest BCUT2D eigenvalue weighted by molar-refractivity contribution is 5.26. The van der Waals surface area contributed by atoms with Crippen LogP contribution in [0, 0.1) is 11.8 Å². The summed E-state index contributed by atoms with van der Waals surface area (Å²) in [4.78, 5) is 0. The highest BCUT2D eigenvalue weighted by atomic mass is 16.7. The molecule has 108 valence electrons. The Bertz CT molecular complexity index is 500. The van der Waals surface area contributed by atoms with Crippen LogP contribution in [0.1, 0.15) is 25.7 Å². The topological polar surface area (TPSA) is 47.9 Å². The minimum atomic E-state index is -0.565. The van der Waals surface area contributed by atoms with Gasteiger partial charge in [-0.25, -0.2) is 0 Å². The molecule has 0 amide bonds. The van der Waals surface area contributed by atoms with Crippen molar-refractivity contribution in [1.82, 2.24) is 0 Å². The smallest absolute Gasteiger partial charge is 0.184 e. The molecule has 0 bridgehead atoms. The average molecular weight is 276 g/mol. The predicted octanol–water partition coefficient (Wildman–Crippen LogP) is 1.88. The molecule has 0 radical (unpaired) electrons. The summed E-state index contributed by atoms with van der Waals surface area (Å²) in [6.07, 6.45) is -0.872. The maximum Gasteiger partial charge on any atom is 0.184 e. The fraction of sp³-hybridized carbons (Fsp3) is 0.625. The van der Waals surface area contributed by atoms with Crippen LogP contribution >= 0.6 is 0 Å². The average Bonchev–Trinajstić information content (AvgIpc) is 3.06. The van der Waals surface area contributed by atoms with Crippen LogP contribution in [0.3, 0.4) is 0 Å². The van der Waals surface area contributed by atoms with Crippen molar-refractivity contribution in [2.45, 2.75) is 44.1 Å². The molecule has 4 nitrogen and oxygen atoms in total. The molecule has 7 unspecified atom stereocenters. The third kappa shape index (κ3) is 1.56. The van der Waals surface area contributed by atoms with Crippen LogP contribution in [-0.2, 0) is 14.2 Å². The van der Waals surface area contributed by atoms with Crippen LogP contribution < -0.4 is 0 Å². The first-order valence-electron chi connectivity index (χ1n) is 7.32. The zero-order chi connectivity index (χ0) is 13.9. The van der Waals surface area contributed by atoms with Gasteiger partial charge in [-0.05, 0) is 12.8 Å². The Morgan fingerprint density at radius 3 is 2.70 bits per heavy atom. The lowest BCUT2D eigenvalue weighted by atomic mass is 9.91. The molecule has 4 rings (SSSR count). The van der Waals surface area contributed by atoms with Crippen molar-refractivity contribution in [2.24, 2.45) is 11.8 Å². The molecule has 1 N–H and O–H groups in total. The standard InChI is InChI=1S/C16H20O4/c1-9-10(2)19-12-8-18-15(11-6-4-3-5-7-11)20-16(12)13(9)14(16)17/h3-7,9-10,12-15,17H,8H2,1-2H3. The second kappa shape index (κ2) is 4.28. The zero-order valence-electron chi connectivity index (χ0n) is 11.7. The molecule has 3 aliphatic rings. The Balaban J connectivity index is 1.62. The summed E-state index contributed by atoms with van der Waals surface area (Å²) in [5.41, 5.74) is 0.425. The van der Waals surface area contributed by atoms with Gasteiger partial charge in [-0.1, -0.05) is 37.3 Å². The maximum absolute atomic E-state index is 10.4. The highest BCUT2D eigenvalue weighted by Gasteiger charge is 2.76. The highest BCUT2D eigenvalue weighted by Crippen LogP contribution is 2.62. The van der Waals surface area contributed by atoms with Gasteiger partial charge in [0.05, 0.1) is 18.8 Å². The molecule has 1 saturated carbocycles. The zero-order valence-corrected chi connectivity index (χ0v) is 11.7. The van der Waals surface area contributed by atoms with E-state index in [9.17, 15) is 5.11 Å². The van der Waals surface area contributed by atoms with Gasteiger partial charge in [0.15, 0.2) is 6.29 Å². The summed E-state index contributed by atoms with van der Waals surface area (Å²) in [5, 5.41) is 10.4. The van der Waals surface area contributed by atoms with E-state index in [1.54, 1.807) is 0 Å². The van der Waals surface area contributed by atoms with Crippen molar-refractivity contribution in [1.29, 1.82) is 0 Å². The number of rotatable bonds is 1. The fourth-order valence-corrected chi connectivity index (χ4v) is 3.84. The summed E-state index contributed by atoms with van der Waals surface area (Å²) in [6.45, 7) is 4.66. The SMILES string of the molecule is CC1OC2COC(c3ccccc3)OC23C(O)C3C1C. The van der Waals surface area contributed by atoms with Crippen LogP contribution in [0.15, 0.2) is 30.3 Å². The van der Waals surface area contributed by atoms with Crippen molar-refractivity contribution < 1.29 is 19.3 Å². The van der Waals surface area contributed by atoms with E-state index in [4.69, 9.17) is 14.2 Å². The molecule has 0 aromatic heterocycles. The Morgan fingerprint density at radius 2 is 1.95 bits per heavy atom. The quantitative estimate of drug-likeness (QED) is 0.851. The second-order valence-electron chi connectivity index (χ2n) is 6.21. The van der Waals surface area contributed by atoms with E-state index in [1.165, 1.54) is 0 Å². The number of hydrogen-bond acceptors (Lipinski definition) is 4. The van der Waals surface area contributed by atoms with Gasteiger partial charge in [0, 0.05) is 11.5 Å². The second-order valence-corrected chi connectivity index (χ2v) is 6.21. The molecule has 4 heteroatoms. The summed E-state index contributed by atoms with van der Waals surface area (Å²) >= 11 is 0. The number of hydrogen-bond donors (Lipinski definition) is 1. The van der Waals surface area contributed by atoms with E-state index in [1.807, 2.05) is 30.3 Å². The monoisotopic (exact) mass is 276 g/mol. The Kier molecular flexibility index (Phi) is 2.73. The molecule has 1 aromatic rings. The maximum atomic E-state index is 10.4. The van der Waals surface area contributed by atoms with E-state index in [2.05, 4.69) is 13.8 Å². The summed E-state index contributed by atoms with van der Waals surface area (Å²) in [6, 6.07) is 9.88. The normalized spacial score (nSPS) is 50.1. The summed E-state index contributed by atoms with van der Waals surface area (Å²) in [5.74, 6) is 0.460. The molecule has 2 saturated heterocycles. The molecule has 2 aliphatic heterocycles. The lowest BCUT2D eigenvalue weighted by Crippen LogP contribution is -2.52. The first-order chi connectivity index (χ1) is 9.64. The molecule has 7 atom stereocenters. The lowest BCUT2D eigenvalue weighted by molar-refractivity contribution is -0.309. The van der Waals surface area contributed by atoms with E-state index >= 15 is 0 Å². The van der Waals surface area contributed by atoms with Crippen LogP contribution in [-0.4, -0.2) is 35.6 Å². The van der Waals surface area contributed by atoms with Crippen LogP contribution in [0.4, 0.5) is 0 Å². The molecule has 1 aromatic carbocycles. The molecule has 1 aliphatic carbocycles.